The van der Waals surface area contributed by atoms with Crippen molar-refractivity contribution in [1.82, 2.24) is 0 Å². The summed E-state index contributed by atoms with van der Waals surface area (Å²) in [6.07, 6.45) is 8.82. The molecule has 0 heterocycles. The van der Waals surface area contributed by atoms with E-state index in [1.54, 1.807) is 5.57 Å². The van der Waals surface area contributed by atoms with Crippen molar-refractivity contribution in [3.63, 3.8) is 0 Å². The van der Waals surface area contributed by atoms with Crippen LogP contribution in [0, 0.1) is 5.92 Å². The van der Waals surface area contributed by atoms with E-state index in [1.165, 1.54) is 25.7 Å². The Morgan fingerprint density at radius 2 is 2.08 bits per heavy atom. The average molecular weight is 186 g/mol. The van der Waals surface area contributed by atoms with Gasteiger partial charge in [0, 0.05) is 0 Å². The van der Waals surface area contributed by atoms with Gasteiger partial charge in [0.25, 0.3) is 0 Å². The Morgan fingerprint density at radius 3 is 2.50 bits per heavy atom. The van der Waals surface area contributed by atoms with Crippen molar-refractivity contribution in [2.75, 3.05) is 6.16 Å². The van der Waals surface area contributed by atoms with Crippen LogP contribution in [0.5, 0.6) is 0 Å². The van der Waals surface area contributed by atoms with Gasteiger partial charge in [-0.1, -0.05) is 45.3 Å². The van der Waals surface area contributed by atoms with Crippen LogP contribution in [0.1, 0.15) is 46.5 Å². The topological polar surface area (TPSA) is 0 Å². The standard InChI is InChI=1S/C11H23P/c1-4-6-7-11(9-12)8-10(3)5-2/h8,10H,4-7,9,12H2,1-3H3/b11-8+. The molecule has 0 aliphatic heterocycles. The molecule has 72 valence electrons. The highest BCUT2D eigenvalue weighted by Crippen LogP contribution is 2.14. The molecular weight excluding hydrogens is 163 g/mol. The maximum absolute atomic E-state index is 2.83. The second kappa shape index (κ2) is 7.80. The van der Waals surface area contributed by atoms with Gasteiger partial charge in [0.2, 0.25) is 0 Å². The van der Waals surface area contributed by atoms with Gasteiger partial charge in [0.15, 0.2) is 0 Å². The number of hydrogen-bond donors (Lipinski definition) is 0. The van der Waals surface area contributed by atoms with Crippen LogP contribution in [0.2, 0.25) is 0 Å². The zero-order valence-electron chi connectivity index (χ0n) is 8.77. The second-order valence-corrected chi connectivity index (χ2v) is 3.93. The molecule has 0 fully saturated rings. The molecule has 0 radical (unpaired) electrons. The maximum atomic E-state index is 2.83. The monoisotopic (exact) mass is 186 g/mol. The van der Waals surface area contributed by atoms with Gasteiger partial charge in [0.05, 0.1) is 0 Å². The Kier molecular flexibility index (Phi) is 7.91. The van der Waals surface area contributed by atoms with E-state index in [0.717, 1.165) is 12.1 Å². The fraction of sp³-hybridized carbons (Fsp3) is 0.818. The van der Waals surface area contributed by atoms with Gasteiger partial charge in [-0.25, -0.2) is 0 Å². The predicted octanol–water partition coefficient (Wildman–Crippen LogP) is 4.02. The molecular formula is C11H23P. The maximum Gasteiger partial charge on any atom is -0.0170 e. The molecule has 0 aliphatic carbocycles. The first-order valence-corrected chi connectivity index (χ1v) is 5.95. The molecule has 0 aliphatic rings. The van der Waals surface area contributed by atoms with Crippen molar-refractivity contribution in [3.05, 3.63) is 11.6 Å². The number of unbranched alkanes of at least 4 members (excludes halogenated alkanes) is 1. The zero-order valence-corrected chi connectivity index (χ0v) is 9.92. The number of allylic oxidation sites excluding steroid dienone is 2. The molecule has 0 N–H and O–H groups in total. The summed E-state index contributed by atoms with van der Waals surface area (Å²) in [6.45, 7) is 6.80. The lowest BCUT2D eigenvalue weighted by Crippen LogP contribution is -1.92. The minimum atomic E-state index is 0.761. The first-order chi connectivity index (χ1) is 5.74. The van der Waals surface area contributed by atoms with Crippen LogP contribution < -0.4 is 0 Å². The van der Waals surface area contributed by atoms with Gasteiger partial charge >= 0.3 is 0 Å². The van der Waals surface area contributed by atoms with Crippen molar-refractivity contribution in [1.29, 1.82) is 0 Å². The van der Waals surface area contributed by atoms with Crippen LogP contribution in [0.15, 0.2) is 11.6 Å². The van der Waals surface area contributed by atoms with Crippen LogP contribution in [-0.4, -0.2) is 6.16 Å². The Bertz CT molecular complexity index is 127. The van der Waals surface area contributed by atoms with Crippen molar-refractivity contribution in [2.45, 2.75) is 46.5 Å². The van der Waals surface area contributed by atoms with Crippen LogP contribution >= 0.6 is 9.24 Å². The molecule has 0 saturated heterocycles. The summed E-state index contributed by atoms with van der Waals surface area (Å²) in [4.78, 5) is 0. The summed E-state index contributed by atoms with van der Waals surface area (Å²) in [6, 6.07) is 0. The molecule has 0 aromatic heterocycles. The zero-order chi connectivity index (χ0) is 9.40. The SMILES string of the molecule is CCCC/C(=C\C(C)CC)CP. The fourth-order valence-corrected chi connectivity index (χ4v) is 1.52. The molecule has 2 atom stereocenters. The summed E-state index contributed by atoms with van der Waals surface area (Å²) >= 11 is 0. The van der Waals surface area contributed by atoms with Gasteiger partial charge in [0.1, 0.15) is 0 Å². The van der Waals surface area contributed by atoms with Crippen LogP contribution in [0.3, 0.4) is 0 Å². The third kappa shape index (κ3) is 5.77. The van der Waals surface area contributed by atoms with Crippen molar-refractivity contribution in [3.8, 4) is 0 Å². The highest BCUT2D eigenvalue weighted by Gasteiger charge is 1.97. The van der Waals surface area contributed by atoms with Gasteiger partial charge in [-0.2, -0.15) is 0 Å². The number of hydrogen-bond acceptors (Lipinski definition) is 0. The third-order valence-electron chi connectivity index (χ3n) is 2.28. The quantitative estimate of drug-likeness (QED) is 0.434. The van der Waals surface area contributed by atoms with E-state index in [-0.39, 0.29) is 0 Å². The molecule has 0 aromatic rings. The van der Waals surface area contributed by atoms with Gasteiger partial charge < -0.3 is 0 Å². The Balaban J connectivity index is 3.85. The van der Waals surface area contributed by atoms with Crippen LogP contribution in [0.25, 0.3) is 0 Å². The lowest BCUT2D eigenvalue weighted by molar-refractivity contribution is 0.682. The first-order valence-electron chi connectivity index (χ1n) is 5.14. The predicted molar refractivity (Wildman–Crippen MR) is 61.6 cm³/mol. The van der Waals surface area contributed by atoms with Crippen LogP contribution in [-0.2, 0) is 0 Å². The lowest BCUT2D eigenvalue weighted by Gasteiger charge is -2.07. The van der Waals surface area contributed by atoms with Gasteiger partial charge in [-0.05, 0) is 24.9 Å². The summed E-state index contributed by atoms with van der Waals surface area (Å²) < 4.78 is 0. The molecule has 0 nitrogen and oxygen atoms in total. The minimum absolute atomic E-state index is 0.761. The molecule has 1 heteroatoms. The molecule has 0 amide bonds. The van der Waals surface area contributed by atoms with Crippen molar-refractivity contribution >= 4 is 9.24 Å². The van der Waals surface area contributed by atoms with Crippen LogP contribution in [0.4, 0.5) is 0 Å². The van der Waals surface area contributed by atoms with Gasteiger partial charge in [-0.15, -0.1) is 9.24 Å². The minimum Gasteiger partial charge on any atom is -0.133 e. The first kappa shape index (κ1) is 12.2. The van der Waals surface area contributed by atoms with E-state index in [9.17, 15) is 0 Å². The van der Waals surface area contributed by atoms with E-state index in [2.05, 4.69) is 36.1 Å². The normalized spacial score (nSPS) is 14.8. The fourth-order valence-electron chi connectivity index (χ4n) is 1.18. The summed E-state index contributed by atoms with van der Waals surface area (Å²) in [5.74, 6) is 0.761. The highest BCUT2D eigenvalue weighted by atomic mass is 31.0. The molecule has 2 unspecified atom stereocenters. The lowest BCUT2D eigenvalue weighted by atomic mass is 10.0. The smallest absolute Gasteiger partial charge is 0.0170 e. The Hall–Kier alpha value is 0.170. The molecule has 0 saturated carbocycles. The van der Waals surface area contributed by atoms with E-state index in [0.29, 0.717) is 0 Å². The second-order valence-electron chi connectivity index (χ2n) is 3.52. The van der Waals surface area contributed by atoms with Gasteiger partial charge in [-0.3, -0.25) is 0 Å². The molecule has 0 aromatic carbocycles. The average Bonchev–Trinajstić information content (AvgIpc) is 2.11. The molecule has 0 rings (SSSR count). The summed E-state index contributed by atoms with van der Waals surface area (Å²) in [5.41, 5.74) is 1.62. The van der Waals surface area contributed by atoms with E-state index >= 15 is 0 Å². The Labute approximate surface area is 80.0 Å². The summed E-state index contributed by atoms with van der Waals surface area (Å²) in [7, 11) is 2.83. The Morgan fingerprint density at radius 1 is 1.42 bits per heavy atom. The summed E-state index contributed by atoms with van der Waals surface area (Å²) in [5, 5.41) is 0. The molecule has 0 bridgehead atoms. The highest BCUT2D eigenvalue weighted by molar-refractivity contribution is 7.16. The third-order valence-corrected chi connectivity index (χ3v) is 2.80. The molecule has 12 heavy (non-hydrogen) atoms. The van der Waals surface area contributed by atoms with Crippen molar-refractivity contribution in [2.24, 2.45) is 5.92 Å². The molecule has 0 spiro atoms. The largest absolute Gasteiger partial charge is 0.133 e. The van der Waals surface area contributed by atoms with E-state index in [1.807, 2.05) is 0 Å². The van der Waals surface area contributed by atoms with E-state index < -0.39 is 0 Å². The van der Waals surface area contributed by atoms with E-state index in [4.69, 9.17) is 0 Å². The van der Waals surface area contributed by atoms with Crippen molar-refractivity contribution < 1.29 is 0 Å². The number of rotatable bonds is 6.